The molecular weight excluding hydrogens is 334 g/mol. The number of unbranched alkanes of at least 4 members (excludes halogenated alkanes) is 1. The summed E-state index contributed by atoms with van der Waals surface area (Å²) < 4.78 is 1.85. The normalized spacial score (nSPS) is 15.7. The molecule has 1 aliphatic heterocycles. The number of rotatable bonds is 5. The predicted molar refractivity (Wildman–Crippen MR) is 100 cm³/mol. The zero-order valence-electron chi connectivity index (χ0n) is 15.0. The zero-order chi connectivity index (χ0) is 18.8. The van der Waals surface area contributed by atoms with Gasteiger partial charge in [-0.15, -0.1) is 0 Å². The van der Waals surface area contributed by atoms with Crippen LogP contribution >= 0.6 is 0 Å². The van der Waals surface area contributed by atoms with Gasteiger partial charge in [0.25, 0.3) is 0 Å². The molecule has 2 aromatic rings. The quantitative estimate of drug-likeness (QED) is 0.716. The predicted octanol–water partition coefficient (Wildman–Crippen LogP) is 3.13. The Morgan fingerprint density at radius 2 is 2.12 bits per heavy atom. The van der Waals surface area contributed by atoms with Crippen LogP contribution in [-0.2, 0) is 6.42 Å². The van der Waals surface area contributed by atoms with Gasteiger partial charge in [-0.25, -0.2) is 9.59 Å². The van der Waals surface area contributed by atoms with E-state index in [1.807, 2.05) is 11.5 Å². The first-order valence-corrected chi connectivity index (χ1v) is 8.93. The fourth-order valence-corrected chi connectivity index (χ4v) is 3.43. The molecule has 3 rings (SSSR count). The maximum atomic E-state index is 12.5. The van der Waals surface area contributed by atoms with E-state index in [4.69, 9.17) is 0 Å². The summed E-state index contributed by atoms with van der Waals surface area (Å²) in [4.78, 5) is 36.0. The molecule has 7 nitrogen and oxygen atoms in total. The Hall–Kier alpha value is -2.83. The van der Waals surface area contributed by atoms with Crippen LogP contribution in [0.15, 0.2) is 23.1 Å². The molecule has 0 saturated carbocycles. The Morgan fingerprint density at radius 1 is 1.35 bits per heavy atom. The number of aromatic nitrogens is 1. The van der Waals surface area contributed by atoms with Gasteiger partial charge in [0.15, 0.2) is 0 Å². The summed E-state index contributed by atoms with van der Waals surface area (Å²) in [6.07, 6.45) is 4.85. The van der Waals surface area contributed by atoms with E-state index in [1.165, 1.54) is 6.20 Å². The Labute approximate surface area is 151 Å². The zero-order valence-corrected chi connectivity index (χ0v) is 15.0. The number of carboxylic acids is 1. The van der Waals surface area contributed by atoms with Gasteiger partial charge >= 0.3 is 12.0 Å². The summed E-state index contributed by atoms with van der Waals surface area (Å²) in [5.74, 6) is -1.22. The lowest BCUT2D eigenvalue weighted by Crippen LogP contribution is -2.30. The molecule has 1 aromatic carbocycles. The number of carbonyl (C=O) groups is 2. The van der Waals surface area contributed by atoms with E-state index in [1.54, 1.807) is 12.1 Å². The van der Waals surface area contributed by atoms with Crippen LogP contribution in [0.5, 0.6) is 0 Å². The van der Waals surface area contributed by atoms with E-state index >= 15 is 0 Å². The summed E-state index contributed by atoms with van der Waals surface area (Å²) in [6, 6.07) is 3.09. The molecule has 3 N–H and O–H groups in total. The number of hydrogen-bond acceptors (Lipinski definition) is 3. The number of carbonyl (C=O) groups excluding carboxylic acids is 1. The van der Waals surface area contributed by atoms with Crippen LogP contribution in [0.25, 0.3) is 10.9 Å². The van der Waals surface area contributed by atoms with Gasteiger partial charge < -0.3 is 20.3 Å². The molecule has 0 aliphatic carbocycles. The number of nitrogens with zero attached hydrogens (tertiary/aromatic N) is 1. The Bertz CT molecular complexity index is 933. The first-order chi connectivity index (χ1) is 12.4. The van der Waals surface area contributed by atoms with E-state index in [0.717, 1.165) is 31.2 Å². The average Bonchev–Trinajstić information content (AvgIpc) is 2.60. The van der Waals surface area contributed by atoms with Crippen molar-refractivity contribution in [3.8, 4) is 0 Å². The van der Waals surface area contributed by atoms with Crippen LogP contribution in [0.1, 0.15) is 55.1 Å². The summed E-state index contributed by atoms with van der Waals surface area (Å²) in [5, 5.41) is 15.4. The standard InChI is InChI=1S/C19H23N3O4/c1-3-4-9-20-19(26)21-15-8-7-13-16-12(15)6-5-11(2)22(16)10-14(17(13)23)18(24)25/h7-8,10-11H,3-6,9H2,1-2H3,(H,24,25)(H2,20,21,26). The number of carboxylic acid groups (broad SMARTS) is 1. The maximum Gasteiger partial charge on any atom is 0.341 e. The minimum Gasteiger partial charge on any atom is -0.477 e. The van der Waals surface area contributed by atoms with Crippen molar-refractivity contribution in [2.45, 2.75) is 45.6 Å². The molecule has 2 amide bonds. The second-order valence-electron chi connectivity index (χ2n) is 6.69. The van der Waals surface area contributed by atoms with Crippen molar-refractivity contribution in [1.82, 2.24) is 9.88 Å². The highest BCUT2D eigenvalue weighted by Gasteiger charge is 2.24. The maximum absolute atomic E-state index is 12.5. The van der Waals surface area contributed by atoms with Crippen molar-refractivity contribution < 1.29 is 14.7 Å². The Balaban J connectivity index is 2.07. The van der Waals surface area contributed by atoms with Crippen LogP contribution in [0.2, 0.25) is 0 Å². The van der Waals surface area contributed by atoms with E-state index in [0.29, 0.717) is 23.1 Å². The highest BCUT2D eigenvalue weighted by Crippen LogP contribution is 2.34. The summed E-state index contributed by atoms with van der Waals surface area (Å²) in [7, 11) is 0. The molecule has 7 heteroatoms. The van der Waals surface area contributed by atoms with Gasteiger partial charge in [0.05, 0.1) is 5.52 Å². The highest BCUT2D eigenvalue weighted by atomic mass is 16.4. The minimum absolute atomic E-state index is 0.0809. The number of amides is 2. The van der Waals surface area contributed by atoms with Gasteiger partial charge in [0.1, 0.15) is 5.56 Å². The van der Waals surface area contributed by atoms with E-state index in [9.17, 15) is 19.5 Å². The topological polar surface area (TPSA) is 100 Å². The fourth-order valence-electron chi connectivity index (χ4n) is 3.43. The molecule has 138 valence electrons. The third-order valence-corrected chi connectivity index (χ3v) is 4.88. The first-order valence-electron chi connectivity index (χ1n) is 8.93. The van der Waals surface area contributed by atoms with E-state index in [2.05, 4.69) is 17.6 Å². The monoisotopic (exact) mass is 357 g/mol. The number of hydrogen-bond donors (Lipinski definition) is 3. The third-order valence-electron chi connectivity index (χ3n) is 4.88. The van der Waals surface area contributed by atoms with Crippen LogP contribution in [0.3, 0.4) is 0 Å². The molecule has 1 aromatic heterocycles. The Morgan fingerprint density at radius 3 is 2.81 bits per heavy atom. The number of anilines is 1. The molecule has 0 bridgehead atoms. The molecule has 2 heterocycles. The number of pyridine rings is 1. The number of nitrogens with one attached hydrogen (secondary N) is 2. The second kappa shape index (κ2) is 7.19. The number of urea groups is 1. The highest BCUT2D eigenvalue weighted by molar-refractivity contribution is 5.98. The number of aromatic carboxylic acids is 1. The lowest BCUT2D eigenvalue weighted by atomic mass is 9.94. The second-order valence-corrected chi connectivity index (χ2v) is 6.69. The first kappa shape index (κ1) is 18.0. The van der Waals surface area contributed by atoms with Gasteiger partial charge in [0.2, 0.25) is 5.43 Å². The lowest BCUT2D eigenvalue weighted by Gasteiger charge is -2.28. The smallest absolute Gasteiger partial charge is 0.341 e. The Kier molecular flexibility index (Phi) is 4.97. The van der Waals surface area contributed by atoms with E-state index < -0.39 is 11.4 Å². The van der Waals surface area contributed by atoms with Gasteiger partial charge in [0, 0.05) is 35.4 Å². The molecule has 26 heavy (non-hydrogen) atoms. The van der Waals surface area contributed by atoms with Gasteiger partial charge in [-0.3, -0.25) is 4.79 Å². The van der Waals surface area contributed by atoms with Crippen molar-refractivity contribution >= 4 is 28.6 Å². The molecule has 1 atom stereocenters. The average molecular weight is 357 g/mol. The van der Waals surface area contributed by atoms with Crippen LogP contribution in [0, 0.1) is 0 Å². The van der Waals surface area contributed by atoms with E-state index in [-0.39, 0.29) is 17.6 Å². The van der Waals surface area contributed by atoms with Crippen molar-refractivity contribution in [3.63, 3.8) is 0 Å². The number of aryl methyl sites for hydroxylation is 1. The van der Waals surface area contributed by atoms with Gasteiger partial charge in [-0.05, 0) is 38.3 Å². The van der Waals surface area contributed by atoms with Crippen LogP contribution in [0.4, 0.5) is 10.5 Å². The van der Waals surface area contributed by atoms with Crippen LogP contribution in [-0.4, -0.2) is 28.2 Å². The molecule has 0 spiro atoms. The molecule has 0 radical (unpaired) electrons. The molecule has 1 aliphatic rings. The summed E-state index contributed by atoms with van der Waals surface area (Å²) in [6.45, 7) is 4.66. The third kappa shape index (κ3) is 3.16. The summed E-state index contributed by atoms with van der Waals surface area (Å²) >= 11 is 0. The largest absolute Gasteiger partial charge is 0.477 e. The summed E-state index contributed by atoms with van der Waals surface area (Å²) in [5.41, 5.74) is 1.54. The van der Waals surface area contributed by atoms with Crippen LogP contribution < -0.4 is 16.1 Å². The SMILES string of the molecule is CCCCNC(=O)Nc1ccc2c(=O)c(C(=O)O)cn3c2c1CCC3C. The van der Waals surface area contributed by atoms with Crippen molar-refractivity contribution in [2.75, 3.05) is 11.9 Å². The van der Waals surface area contributed by atoms with Crippen molar-refractivity contribution in [2.24, 2.45) is 0 Å². The lowest BCUT2D eigenvalue weighted by molar-refractivity contribution is 0.0694. The molecule has 0 saturated heterocycles. The molecule has 1 unspecified atom stereocenters. The van der Waals surface area contributed by atoms with Gasteiger partial charge in [-0.1, -0.05) is 13.3 Å². The van der Waals surface area contributed by atoms with Gasteiger partial charge in [-0.2, -0.15) is 0 Å². The fraction of sp³-hybridized carbons (Fsp3) is 0.421. The molecule has 0 fully saturated rings. The molecular formula is C19H23N3O4. The minimum atomic E-state index is -1.22. The van der Waals surface area contributed by atoms with Crippen molar-refractivity contribution in [1.29, 1.82) is 0 Å². The van der Waals surface area contributed by atoms with Crippen molar-refractivity contribution in [3.05, 3.63) is 39.7 Å². The number of benzene rings is 1.